The lowest BCUT2D eigenvalue weighted by molar-refractivity contribution is 0.0948. The van der Waals surface area contributed by atoms with E-state index in [-0.39, 0.29) is 5.91 Å². The number of amides is 1. The van der Waals surface area contributed by atoms with Gasteiger partial charge in [-0.15, -0.1) is 0 Å². The Hall–Kier alpha value is -1.75. The van der Waals surface area contributed by atoms with Gasteiger partial charge in [0, 0.05) is 12.1 Å². The topological polar surface area (TPSA) is 50.8 Å². The molecule has 1 aromatic rings. The highest BCUT2D eigenvalue weighted by atomic mass is 16.5. The molecule has 1 aliphatic rings. The maximum atomic E-state index is 12.2. The molecule has 1 amide bonds. The summed E-state index contributed by atoms with van der Waals surface area (Å²) in [5.74, 6) is 1.87. The van der Waals surface area contributed by atoms with Gasteiger partial charge in [0.1, 0.15) is 0 Å². The van der Waals surface area contributed by atoms with Gasteiger partial charge < -0.3 is 19.7 Å². The highest BCUT2D eigenvalue weighted by Gasteiger charge is 2.17. The van der Waals surface area contributed by atoms with Gasteiger partial charge in [0.2, 0.25) is 0 Å². The van der Waals surface area contributed by atoms with Gasteiger partial charge in [-0.2, -0.15) is 0 Å². The number of hydrogen-bond donors (Lipinski definition) is 1. The fourth-order valence-corrected chi connectivity index (χ4v) is 2.82. The van der Waals surface area contributed by atoms with E-state index in [9.17, 15) is 4.79 Å². The molecule has 1 fully saturated rings. The van der Waals surface area contributed by atoms with Crippen molar-refractivity contribution in [2.45, 2.75) is 19.3 Å². The first-order valence-corrected chi connectivity index (χ1v) is 7.82. The average Bonchev–Trinajstić information content (AvgIpc) is 2.55. The van der Waals surface area contributed by atoms with Crippen molar-refractivity contribution < 1.29 is 14.3 Å². The van der Waals surface area contributed by atoms with Crippen molar-refractivity contribution in [3.8, 4) is 11.5 Å². The number of likely N-dealkylation sites (tertiary alicyclic amines) is 1. The third kappa shape index (κ3) is 4.37. The van der Waals surface area contributed by atoms with E-state index in [1.807, 2.05) is 0 Å². The Labute approximate surface area is 132 Å². The van der Waals surface area contributed by atoms with Crippen LogP contribution in [0.15, 0.2) is 18.2 Å². The molecule has 1 heterocycles. The van der Waals surface area contributed by atoms with Crippen LogP contribution in [-0.4, -0.2) is 51.7 Å². The zero-order valence-corrected chi connectivity index (χ0v) is 13.7. The number of ether oxygens (including phenoxy) is 2. The molecule has 0 atom stereocenters. The number of methoxy groups -OCH3 is 2. The molecule has 5 nitrogen and oxygen atoms in total. The second-order valence-corrected chi connectivity index (χ2v) is 5.86. The minimum Gasteiger partial charge on any atom is -0.493 e. The lowest BCUT2D eigenvalue weighted by Gasteiger charge is -2.28. The Morgan fingerprint density at radius 3 is 2.55 bits per heavy atom. The number of carbonyl (C=O) groups is 1. The molecule has 0 radical (unpaired) electrons. The predicted molar refractivity (Wildman–Crippen MR) is 86.7 cm³/mol. The number of rotatable bonds is 6. The van der Waals surface area contributed by atoms with Crippen molar-refractivity contribution in [3.05, 3.63) is 23.8 Å². The van der Waals surface area contributed by atoms with E-state index in [4.69, 9.17) is 9.47 Å². The van der Waals surface area contributed by atoms with E-state index in [0.717, 1.165) is 32.0 Å². The van der Waals surface area contributed by atoms with E-state index in [1.165, 1.54) is 12.8 Å². The molecule has 0 spiro atoms. The molecule has 1 aliphatic heterocycles. The van der Waals surface area contributed by atoms with Crippen LogP contribution in [0.5, 0.6) is 11.5 Å². The summed E-state index contributed by atoms with van der Waals surface area (Å²) in [6.07, 6.45) is 3.50. The lowest BCUT2D eigenvalue weighted by Crippen LogP contribution is -2.32. The van der Waals surface area contributed by atoms with Crippen molar-refractivity contribution in [1.29, 1.82) is 0 Å². The van der Waals surface area contributed by atoms with Gasteiger partial charge in [-0.05, 0) is 63.5 Å². The van der Waals surface area contributed by atoms with E-state index >= 15 is 0 Å². The molecule has 0 saturated carbocycles. The van der Waals surface area contributed by atoms with Crippen molar-refractivity contribution in [1.82, 2.24) is 10.2 Å². The average molecular weight is 306 g/mol. The van der Waals surface area contributed by atoms with Crippen LogP contribution in [-0.2, 0) is 0 Å². The smallest absolute Gasteiger partial charge is 0.251 e. The number of nitrogens with one attached hydrogen (secondary N) is 1. The highest BCUT2D eigenvalue weighted by Crippen LogP contribution is 2.27. The molecular weight excluding hydrogens is 280 g/mol. The Morgan fingerprint density at radius 1 is 1.23 bits per heavy atom. The van der Waals surface area contributed by atoms with Crippen molar-refractivity contribution in [2.75, 3.05) is 40.9 Å². The minimum absolute atomic E-state index is 0.0612. The van der Waals surface area contributed by atoms with Crippen molar-refractivity contribution in [3.63, 3.8) is 0 Å². The molecule has 1 saturated heterocycles. The minimum atomic E-state index is -0.0612. The third-order valence-electron chi connectivity index (χ3n) is 4.32. The molecule has 0 aliphatic carbocycles. The van der Waals surface area contributed by atoms with Gasteiger partial charge in [-0.1, -0.05) is 0 Å². The zero-order valence-electron chi connectivity index (χ0n) is 13.7. The Kier molecular flexibility index (Phi) is 6.07. The number of carbonyl (C=O) groups excluding carboxylic acids is 1. The number of piperidine rings is 1. The monoisotopic (exact) mass is 306 g/mol. The summed E-state index contributed by atoms with van der Waals surface area (Å²) in [5, 5.41) is 3.00. The number of hydrogen-bond acceptors (Lipinski definition) is 4. The van der Waals surface area contributed by atoms with Crippen molar-refractivity contribution in [2.24, 2.45) is 5.92 Å². The Balaban J connectivity index is 1.82. The Morgan fingerprint density at radius 2 is 1.91 bits per heavy atom. The van der Waals surface area contributed by atoms with E-state index in [2.05, 4.69) is 17.3 Å². The van der Waals surface area contributed by atoms with Gasteiger partial charge in [-0.3, -0.25) is 4.79 Å². The maximum absolute atomic E-state index is 12.2. The quantitative estimate of drug-likeness (QED) is 0.875. The van der Waals surface area contributed by atoms with Crippen LogP contribution in [0.4, 0.5) is 0 Å². The standard InChI is InChI=1S/C17H26N2O3/c1-19-10-7-13(8-11-19)6-9-18-17(20)14-4-5-15(21-2)16(12-14)22-3/h4-5,12-13H,6-11H2,1-3H3,(H,18,20). The van der Waals surface area contributed by atoms with Crippen LogP contribution >= 0.6 is 0 Å². The second-order valence-electron chi connectivity index (χ2n) is 5.86. The van der Waals surface area contributed by atoms with Crippen LogP contribution in [0.25, 0.3) is 0 Å². The molecule has 0 aromatic heterocycles. The van der Waals surface area contributed by atoms with Crippen molar-refractivity contribution >= 4 is 5.91 Å². The number of benzene rings is 1. The molecular formula is C17H26N2O3. The highest BCUT2D eigenvalue weighted by molar-refractivity contribution is 5.94. The SMILES string of the molecule is COc1ccc(C(=O)NCCC2CCN(C)CC2)cc1OC. The van der Waals surface area contributed by atoms with Gasteiger partial charge in [0.15, 0.2) is 11.5 Å². The Bertz CT molecular complexity index is 497. The molecule has 0 bridgehead atoms. The van der Waals surface area contributed by atoms with E-state index < -0.39 is 0 Å². The first-order chi connectivity index (χ1) is 10.6. The van der Waals surface area contributed by atoms with E-state index in [1.54, 1.807) is 32.4 Å². The number of nitrogens with zero attached hydrogens (tertiary/aromatic N) is 1. The zero-order chi connectivity index (χ0) is 15.9. The maximum Gasteiger partial charge on any atom is 0.251 e. The summed E-state index contributed by atoms with van der Waals surface area (Å²) in [6, 6.07) is 5.22. The summed E-state index contributed by atoms with van der Waals surface area (Å²) in [5.41, 5.74) is 0.598. The summed E-state index contributed by atoms with van der Waals surface area (Å²) >= 11 is 0. The van der Waals surface area contributed by atoms with E-state index in [0.29, 0.717) is 17.1 Å². The van der Waals surface area contributed by atoms with Crippen LogP contribution in [0.2, 0.25) is 0 Å². The largest absolute Gasteiger partial charge is 0.493 e. The van der Waals surface area contributed by atoms with Gasteiger partial charge in [0.05, 0.1) is 14.2 Å². The summed E-state index contributed by atoms with van der Waals surface area (Å²) in [4.78, 5) is 14.6. The van der Waals surface area contributed by atoms with Crippen LogP contribution in [0.1, 0.15) is 29.6 Å². The summed E-state index contributed by atoms with van der Waals surface area (Å²) in [7, 11) is 5.31. The molecule has 1 aromatic carbocycles. The molecule has 2 rings (SSSR count). The second kappa shape index (κ2) is 8.03. The fourth-order valence-electron chi connectivity index (χ4n) is 2.82. The normalized spacial score (nSPS) is 16.3. The first kappa shape index (κ1) is 16.6. The van der Waals surface area contributed by atoms with Gasteiger partial charge >= 0.3 is 0 Å². The fraction of sp³-hybridized carbons (Fsp3) is 0.588. The molecule has 5 heteroatoms. The summed E-state index contributed by atoms with van der Waals surface area (Å²) < 4.78 is 10.4. The van der Waals surface area contributed by atoms with Crippen LogP contribution < -0.4 is 14.8 Å². The molecule has 22 heavy (non-hydrogen) atoms. The molecule has 0 unspecified atom stereocenters. The van der Waals surface area contributed by atoms with Gasteiger partial charge in [0.25, 0.3) is 5.91 Å². The lowest BCUT2D eigenvalue weighted by atomic mass is 9.94. The predicted octanol–water partition coefficient (Wildman–Crippen LogP) is 2.17. The van der Waals surface area contributed by atoms with Gasteiger partial charge in [-0.25, -0.2) is 0 Å². The van der Waals surface area contributed by atoms with Crippen LogP contribution in [0.3, 0.4) is 0 Å². The first-order valence-electron chi connectivity index (χ1n) is 7.82. The molecule has 122 valence electrons. The van der Waals surface area contributed by atoms with Crippen LogP contribution in [0, 0.1) is 5.92 Å². The summed E-state index contributed by atoms with van der Waals surface area (Å²) in [6.45, 7) is 3.05. The molecule has 1 N–H and O–H groups in total. The third-order valence-corrected chi connectivity index (χ3v) is 4.32.